The van der Waals surface area contributed by atoms with Gasteiger partial charge in [-0.3, -0.25) is 4.90 Å². The summed E-state index contributed by atoms with van der Waals surface area (Å²) in [5.41, 5.74) is 0. The highest BCUT2D eigenvalue weighted by molar-refractivity contribution is 4.96. The first-order valence-electron chi connectivity index (χ1n) is 7.40. The van der Waals surface area contributed by atoms with E-state index in [2.05, 4.69) is 9.80 Å². The molecule has 1 aromatic rings. The zero-order valence-electron chi connectivity index (χ0n) is 12.9. The van der Waals surface area contributed by atoms with Crippen LogP contribution in [0, 0.1) is 0 Å². The van der Waals surface area contributed by atoms with Crippen molar-refractivity contribution in [1.82, 2.24) is 9.80 Å². The van der Waals surface area contributed by atoms with Crippen LogP contribution in [0.1, 0.15) is 5.76 Å². The zero-order valence-corrected chi connectivity index (χ0v) is 12.9. The third-order valence-electron chi connectivity index (χ3n) is 3.40. The van der Waals surface area contributed by atoms with E-state index in [4.69, 9.17) is 13.9 Å². The monoisotopic (exact) mass is 298 g/mol. The summed E-state index contributed by atoms with van der Waals surface area (Å²) in [6.45, 7) is 4.67. The Morgan fingerprint density at radius 3 is 3.10 bits per heavy atom. The summed E-state index contributed by atoms with van der Waals surface area (Å²) in [5.74, 6) is 0.777. The van der Waals surface area contributed by atoms with Gasteiger partial charge in [-0.15, -0.1) is 0 Å². The SMILES string of the molecule is CN(C)C[C@@H]1CN(C[C@@H](O)COCc2ccco2)CCO1. The molecule has 0 amide bonds. The van der Waals surface area contributed by atoms with E-state index in [1.165, 1.54) is 0 Å². The number of hydrogen-bond donors (Lipinski definition) is 1. The van der Waals surface area contributed by atoms with Crippen LogP contribution in [-0.2, 0) is 16.1 Å². The van der Waals surface area contributed by atoms with Crippen molar-refractivity contribution < 1.29 is 19.0 Å². The molecule has 0 aromatic carbocycles. The summed E-state index contributed by atoms with van der Waals surface area (Å²) >= 11 is 0. The molecule has 2 heterocycles. The van der Waals surface area contributed by atoms with Crippen LogP contribution in [0.4, 0.5) is 0 Å². The third-order valence-corrected chi connectivity index (χ3v) is 3.40. The van der Waals surface area contributed by atoms with Gasteiger partial charge in [0.15, 0.2) is 0 Å². The van der Waals surface area contributed by atoms with Crippen molar-refractivity contribution in [2.45, 2.75) is 18.8 Å². The van der Waals surface area contributed by atoms with Gasteiger partial charge in [-0.1, -0.05) is 0 Å². The van der Waals surface area contributed by atoms with Crippen molar-refractivity contribution >= 4 is 0 Å². The first kappa shape index (κ1) is 16.5. The van der Waals surface area contributed by atoms with Crippen LogP contribution in [0.3, 0.4) is 0 Å². The standard InChI is InChI=1S/C15H26N2O4/c1-16(2)9-15-10-17(5-7-21-15)8-13(18)11-19-12-14-4-3-6-20-14/h3-4,6,13,15,18H,5,7-12H2,1-2H3/t13-,15-/m1/s1. The van der Waals surface area contributed by atoms with Crippen LogP contribution in [0.5, 0.6) is 0 Å². The topological polar surface area (TPSA) is 58.3 Å². The normalized spacial score (nSPS) is 21.8. The molecule has 0 spiro atoms. The van der Waals surface area contributed by atoms with Crippen molar-refractivity contribution in [3.63, 3.8) is 0 Å². The molecule has 120 valence electrons. The lowest BCUT2D eigenvalue weighted by atomic mass is 10.2. The number of likely N-dealkylation sites (N-methyl/N-ethyl adjacent to an activating group) is 1. The second-order valence-corrected chi connectivity index (χ2v) is 5.76. The molecular formula is C15H26N2O4. The molecule has 6 heteroatoms. The minimum absolute atomic E-state index is 0.213. The molecule has 1 fully saturated rings. The van der Waals surface area contributed by atoms with Crippen molar-refractivity contribution in [3.05, 3.63) is 24.2 Å². The molecule has 2 rings (SSSR count). The average Bonchev–Trinajstić information content (AvgIpc) is 2.91. The minimum atomic E-state index is -0.488. The maximum Gasteiger partial charge on any atom is 0.129 e. The van der Waals surface area contributed by atoms with Gasteiger partial charge in [0.1, 0.15) is 12.4 Å². The number of rotatable bonds is 8. The van der Waals surface area contributed by atoms with Gasteiger partial charge in [0, 0.05) is 26.2 Å². The Bertz CT molecular complexity index is 383. The summed E-state index contributed by atoms with van der Waals surface area (Å²) in [5, 5.41) is 10.0. The Kier molecular flexibility index (Phi) is 6.66. The van der Waals surface area contributed by atoms with E-state index in [1.54, 1.807) is 6.26 Å². The first-order valence-corrected chi connectivity index (χ1v) is 7.40. The lowest BCUT2D eigenvalue weighted by Crippen LogP contribution is -2.49. The number of morpholine rings is 1. The summed E-state index contributed by atoms with van der Waals surface area (Å²) in [4.78, 5) is 4.36. The molecule has 0 unspecified atom stereocenters. The quantitative estimate of drug-likeness (QED) is 0.751. The van der Waals surface area contributed by atoms with E-state index in [-0.39, 0.29) is 6.10 Å². The van der Waals surface area contributed by atoms with Crippen LogP contribution >= 0.6 is 0 Å². The van der Waals surface area contributed by atoms with Crippen molar-refractivity contribution in [3.8, 4) is 0 Å². The van der Waals surface area contributed by atoms with Gasteiger partial charge in [-0.05, 0) is 26.2 Å². The molecule has 0 radical (unpaired) electrons. The average molecular weight is 298 g/mol. The fourth-order valence-corrected chi connectivity index (χ4v) is 2.50. The molecule has 1 aliphatic heterocycles. The Balaban J connectivity index is 1.63. The van der Waals surface area contributed by atoms with E-state index in [1.807, 2.05) is 26.2 Å². The minimum Gasteiger partial charge on any atom is -0.467 e. The van der Waals surface area contributed by atoms with Crippen LogP contribution < -0.4 is 0 Å². The van der Waals surface area contributed by atoms with Gasteiger partial charge in [-0.25, -0.2) is 0 Å². The largest absolute Gasteiger partial charge is 0.467 e. The molecule has 21 heavy (non-hydrogen) atoms. The van der Waals surface area contributed by atoms with Gasteiger partial charge in [0.2, 0.25) is 0 Å². The predicted octanol–water partition coefficient (Wildman–Crippen LogP) is 0.420. The van der Waals surface area contributed by atoms with Gasteiger partial charge < -0.3 is 23.9 Å². The van der Waals surface area contributed by atoms with E-state index < -0.39 is 6.10 Å². The van der Waals surface area contributed by atoms with Crippen molar-refractivity contribution in [1.29, 1.82) is 0 Å². The lowest BCUT2D eigenvalue weighted by molar-refractivity contribution is -0.0590. The molecule has 1 N–H and O–H groups in total. The third kappa shape index (κ3) is 6.15. The van der Waals surface area contributed by atoms with Crippen molar-refractivity contribution in [2.24, 2.45) is 0 Å². The molecule has 0 aliphatic carbocycles. The number of furan rings is 1. The van der Waals surface area contributed by atoms with E-state index >= 15 is 0 Å². The Morgan fingerprint density at radius 2 is 2.38 bits per heavy atom. The Morgan fingerprint density at radius 1 is 1.52 bits per heavy atom. The van der Waals surface area contributed by atoms with Gasteiger partial charge in [-0.2, -0.15) is 0 Å². The second-order valence-electron chi connectivity index (χ2n) is 5.76. The van der Waals surface area contributed by atoms with Gasteiger partial charge >= 0.3 is 0 Å². The summed E-state index contributed by atoms with van der Waals surface area (Å²) in [7, 11) is 4.08. The van der Waals surface area contributed by atoms with Crippen LogP contribution in [0.25, 0.3) is 0 Å². The maximum atomic E-state index is 10.0. The lowest BCUT2D eigenvalue weighted by Gasteiger charge is -2.35. The molecule has 1 aliphatic rings. The van der Waals surface area contributed by atoms with E-state index in [0.717, 1.165) is 32.0 Å². The maximum absolute atomic E-state index is 10.0. The number of β-amino-alcohol motifs (C(OH)–C–C–N with tert-alkyl or cyclic N) is 1. The zero-order chi connectivity index (χ0) is 15.1. The fourth-order valence-electron chi connectivity index (χ4n) is 2.50. The number of hydrogen-bond acceptors (Lipinski definition) is 6. The molecule has 2 atom stereocenters. The highest BCUT2D eigenvalue weighted by Crippen LogP contribution is 2.08. The highest BCUT2D eigenvalue weighted by atomic mass is 16.5. The van der Waals surface area contributed by atoms with Crippen LogP contribution in [0.2, 0.25) is 0 Å². The highest BCUT2D eigenvalue weighted by Gasteiger charge is 2.22. The smallest absolute Gasteiger partial charge is 0.129 e. The van der Waals surface area contributed by atoms with E-state index in [0.29, 0.717) is 19.8 Å². The summed E-state index contributed by atoms with van der Waals surface area (Å²) in [6.07, 6.45) is 1.34. The molecule has 6 nitrogen and oxygen atoms in total. The fraction of sp³-hybridized carbons (Fsp3) is 0.733. The Labute approximate surface area is 126 Å². The Hall–Kier alpha value is -0.920. The predicted molar refractivity (Wildman–Crippen MR) is 79.1 cm³/mol. The second kappa shape index (κ2) is 8.51. The summed E-state index contributed by atoms with van der Waals surface area (Å²) < 4.78 is 16.4. The first-order chi connectivity index (χ1) is 10.1. The number of ether oxygens (including phenoxy) is 2. The van der Waals surface area contributed by atoms with Crippen LogP contribution in [-0.4, -0.2) is 80.6 Å². The van der Waals surface area contributed by atoms with Crippen LogP contribution in [0.15, 0.2) is 22.8 Å². The number of aliphatic hydroxyl groups excluding tert-OH is 1. The van der Waals surface area contributed by atoms with E-state index in [9.17, 15) is 5.11 Å². The molecule has 1 saturated heterocycles. The molecular weight excluding hydrogens is 272 g/mol. The van der Waals surface area contributed by atoms with Gasteiger partial charge in [0.25, 0.3) is 0 Å². The molecule has 1 aromatic heterocycles. The van der Waals surface area contributed by atoms with Crippen molar-refractivity contribution in [2.75, 3.05) is 53.5 Å². The number of aliphatic hydroxyl groups is 1. The molecule has 0 saturated carbocycles. The molecule has 0 bridgehead atoms. The van der Waals surface area contributed by atoms with Gasteiger partial charge in [0.05, 0.1) is 31.7 Å². The number of nitrogens with zero attached hydrogens (tertiary/aromatic N) is 2. The summed E-state index contributed by atoms with van der Waals surface area (Å²) in [6, 6.07) is 3.69.